The summed E-state index contributed by atoms with van der Waals surface area (Å²) in [6.45, 7) is 1.00. The number of carboxylic acids is 1. The molecule has 8 heteroatoms. The van der Waals surface area contributed by atoms with Gasteiger partial charge in [-0.25, -0.2) is 0 Å². The van der Waals surface area contributed by atoms with Crippen LogP contribution in [0.2, 0.25) is 0 Å². The molecule has 1 aromatic carbocycles. The lowest BCUT2D eigenvalue weighted by atomic mass is 10.0. The zero-order valence-corrected chi connectivity index (χ0v) is 14.5. The zero-order chi connectivity index (χ0) is 19.1. The van der Waals surface area contributed by atoms with Gasteiger partial charge < -0.3 is 26.6 Å². The van der Waals surface area contributed by atoms with Crippen LogP contribution in [0.25, 0.3) is 0 Å². The smallest absolute Gasteiger partial charge is 0.307 e. The number of amides is 2. The van der Waals surface area contributed by atoms with Crippen LogP contribution >= 0.6 is 0 Å². The fourth-order valence-electron chi connectivity index (χ4n) is 2.72. The number of carbonyl (C=O) groups excluding carboxylic acids is 2. The summed E-state index contributed by atoms with van der Waals surface area (Å²) < 4.78 is 0. The van der Waals surface area contributed by atoms with Crippen LogP contribution in [0.1, 0.15) is 24.8 Å². The van der Waals surface area contributed by atoms with Crippen molar-refractivity contribution in [1.82, 2.24) is 10.6 Å². The maximum atomic E-state index is 12.4. The Labute approximate surface area is 151 Å². The molecule has 0 heterocycles. The molecule has 1 aliphatic carbocycles. The van der Waals surface area contributed by atoms with Crippen LogP contribution in [-0.2, 0) is 20.8 Å². The molecule has 1 aliphatic rings. The maximum Gasteiger partial charge on any atom is 0.307 e. The van der Waals surface area contributed by atoms with Crippen LogP contribution in [0, 0.1) is 11.8 Å². The highest BCUT2D eigenvalue weighted by Gasteiger charge is 2.48. The molecule has 6 N–H and O–H groups in total. The van der Waals surface area contributed by atoms with Gasteiger partial charge in [0.25, 0.3) is 0 Å². The Bertz CT molecular complexity index is 647. The molecule has 0 aromatic heterocycles. The minimum absolute atomic E-state index is 0.114. The van der Waals surface area contributed by atoms with Crippen molar-refractivity contribution in [1.29, 1.82) is 0 Å². The first-order valence-electron chi connectivity index (χ1n) is 8.71. The van der Waals surface area contributed by atoms with Crippen molar-refractivity contribution >= 4 is 17.8 Å². The summed E-state index contributed by atoms with van der Waals surface area (Å²) in [5.74, 6) is -2.87. The van der Waals surface area contributed by atoms with Crippen LogP contribution in [0.15, 0.2) is 24.3 Å². The molecule has 2 rings (SSSR count). The number of carbonyl (C=O) groups is 3. The first kappa shape index (κ1) is 19.7. The summed E-state index contributed by atoms with van der Waals surface area (Å²) in [5.41, 5.74) is 6.20. The lowest BCUT2D eigenvalue weighted by Gasteiger charge is -2.19. The van der Waals surface area contributed by atoms with E-state index >= 15 is 0 Å². The fraction of sp³-hybridized carbons (Fsp3) is 0.500. The molecule has 2 amide bonds. The van der Waals surface area contributed by atoms with Gasteiger partial charge in [-0.2, -0.15) is 0 Å². The molecule has 8 nitrogen and oxygen atoms in total. The number of unbranched alkanes of at least 4 members (excludes halogenated alkanes) is 1. The van der Waals surface area contributed by atoms with Gasteiger partial charge >= 0.3 is 5.97 Å². The third-order valence-electron chi connectivity index (χ3n) is 4.38. The molecule has 0 bridgehead atoms. The predicted molar refractivity (Wildman–Crippen MR) is 94.3 cm³/mol. The summed E-state index contributed by atoms with van der Waals surface area (Å²) in [6, 6.07) is 5.56. The SMILES string of the molecule is NCCCCNC(=O)C(Cc1ccc(O)cc1)NC(=O)C1CC1C(=O)O. The third kappa shape index (κ3) is 5.73. The zero-order valence-electron chi connectivity index (χ0n) is 14.5. The molecular formula is C18H25N3O5. The summed E-state index contributed by atoms with van der Waals surface area (Å²) >= 11 is 0. The van der Waals surface area contributed by atoms with Crippen LogP contribution in [0.4, 0.5) is 0 Å². The van der Waals surface area contributed by atoms with Gasteiger partial charge in [-0.15, -0.1) is 0 Å². The van der Waals surface area contributed by atoms with Gasteiger partial charge in [0.15, 0.2) is 0 Å². The van der Waals surface area contributed by atoms with Gasteiger partial charge in [-0.3, -0.25) is 14.4 Å². The molecule has 3 unspecified atom stereocenters. The van der Waals surface area contributed by atoms with E-state index in [1.807, 2.05) is 0 Å². The van der Waals surface area contributed by atoms with Gasteiger partial charge in [-0.1, -0.05) is 12.1 Å². The molecule has 3 atom stereocenters. The van der Waals surface area contributed by atoms with Gasteiger partial charge in [-0.05, 0) is 43.5 Å². The molecule has 26 heavy (non-hydrogen) atoms. The standard InChI is InChI=1S/C18H25N3O5/c19-7-1-2-8-20-17(24)15(9-11-3-5-12(22)6-4-11)21-16(23)13-10-14(13)18(25)26/h3-6,13-15,22H,1-2,7-10,19H2,(H,20,24)(H,21,23)(H,25,26). The Morgan fingerprint density at radius 3 is 2.42 bits per heavy atom. The number of nitrogens with one attached hydrogen (secondary N) is 2. The summed E-state index contributed by atoms with van der Waals surface area (Å²) in [5, 5.41) is 23.7. The van der Waals surface area contributed by atoms with Crippen LogP contribution in [0.5, 0.6) is 5.75 Å². The Morgan fingerprint density at radius 1 is 1.15 bits per heavy atom. The minimum atomic E-state index is -0.994. The highest BCUT2D eigenvalue weighted by atomic mass is 16.4. The Morgan fingerprint density at radius 2 is 1.85 bits per heavy atom. The lowest BCUT2D eigenvalue weighted by molar-refractivity contribution is -0.140. The van der Waals surface area contributed by atoms with E-state index in [-0.39, 0.29) is 18.1 Å². The molecule has 1 saturated carbocycles. The Balaban J connectivity index is 1.98. The second kappa shape index (κ2) is 9.19. The van der Waals surface area contributed by atoms with Crippen molar-refractivity contribution in [2.24, 2.45) is 17.6 Å². The van der Waals surface area contributed by atoms with Gasteiger partial charge in [0.05, 0.1) is 11.8 Å². The van der Waals surface area contributed by atoms with Gasteiger partial charge in [0.1, 0.15) is 11.8 Å². The van der Waals surface area contributed by atoms with E-state index in [1.54, 1.807) is 12.1 Å². The van der Waals surface area contributed by atoms with E-state index in [9.17, 15) is 19.5 Å². The number of benzene rings is 1. The average molecular weight is 363 g/mol. The predicted octanol–water partition coefficient (Wildman–Crippen LogP) is -0.00470. The van der Waals surface area contributed by atoms with Crippen LogP contribution < -0.4 is 16.4 Å². The molecule has 0 saturated heterocycles. The number of phenols is 1. The second-order valence-corrected chi connectivity index (χ2v) is 6.51. The number of aromatic hydroxyl groups is 1. The molecule has 0 aliphatic heterocycles. The van der Waals surface area contributed by atoms with Crippen molar-refractivity contribution in [3.05, 3.63) is 29.8 Å². The number of nitrogens with two attached hydrogens (primary N) is 1. The Hall–Kier alpha value is -2.61. The first-order valence-corrected chi connectivity index (χ1v) is 8.71. The van der Waals surface area contributed by atoms with E-state index in [2.05, 4.69) is 10.6 Å². The van der Waals surface area contributed by atoms with Crippen molar-refractivity contribution < 1.29 is 24.6 Å². The van der Waals surface area contributed by atoms with Gasteiger partial charge in [0.2, 0.25) is 11.8 Å². The Kier molecular flexibility index (Phi) is 6.97. The topological polar surface area (TPSA) is 142 Å². The van der Waals surface area contributed by atoms with Crippen molar-refractivity contribution in [2.75, 3.05) is 13.1 Å². The summed E-state index contributed by atoms with van der Waals surface area (Å²) in [4.78, 5) is 35.6. The fourth-order valence-corrected chi connectivity index (χ4v) is 2.72. The van der Waals surface area contributed by atoms with Crippen molar-refractivity contribution in [2.45, 2.75) is 31.7 Å². The highest BCUT2D eigenvalue weighted by Crippen LogP contribution is 2.38. The van der Waals surface area contributed by atoms with Crippen molar-refractivity contribution in [3.8, 4) is 5.75 Å². The maximum absolute atomic E-state index is 12.4. The van der Waals surface area contributed by atoms with Crippen LogP contribution in [0.3, 0.4) is 0 Å². The summed E-state index contributed by atoms with van der Waals surface area (Å²) in [6.07, 6.45) is 2.08. The van der Waals surface area contributed by atoms with E-state index in [0.29, 0.717) is 19.5 Å². The van der Waals surface area contributed by atoms with E-state index in [0.717, 1.165) is 18.4 Å². The molecule has 1 aromatic rings. The molecular weight excluding hydrogens is 338 g/mol. The first-order chi connectivity index (χ1) is 12.4. The lowest BCUT2D eigenvalue weighted by Crippen LogP contribution is -2.49. The average Bonchev–Trinajstić information content (AvgIpc) is 3.41. The van der Waals surface area contributed by atoms with E-state index < -0.39 is 29.8 Å². The number of carboxylic acid groups (broad SMARTS) is 1. The molecule has 0 radical (unpaired) electrons. The number of phenolic OH excluding ortho intramolecular Hbond substituents is 1. The quantitative estimate of drug-likeness (QED) is 0.370. The van der Waals surface area contributed by atoms with Crippen LogP contribution in [-0.4, -0.2) is 47.1 Å². The number of aliphatic carboxylic acids is 1. The molecule has 0 spiro atoms. The summed E-state index contributed by atoms with van der Waals surface area (Å²) in [7, 11) is 0. The second-order valence-electron chi connectivity index (χ2n) is 6.51. The number of hydrogen-bond donors (Lipinski definition) is 5. The monoisotopic (exact) mass is 363 g/mol. The van der Waals surface area contributed by atoms with Crippen molar-refractivity contribution in [3.63, 3.8) is 0 Å². The van der Waals surface area contributed by atoms with E-state index in [1.165, 1.54) is 12.1 Å². The van der Waals surface area contributed by atoms with E-state index in [4.69, 9.17) is 10.8 Å². The molecule has 1 fully saturated rings. The third-order valence-corrected chi connectivity index (χ3v) is 4.38. The minimum Gasteiger partial charge on any atom is -0.508 e. The van der Waals surface area contributed by atoms with Gasteiger partial charge in [0, 0.05) is 13.0 Å². The molecule has 142 valence electrons. The highest BCUT2D eigenvalue weighted by molar-refractivity contribution is 5.93. The normalized spacial score (nSPS) is 19.4. The number of hydrogen-bond acceptors (Lipinski definition) is 5. The largest absolute Gasteiger partial charge is 0.508 e. The number of rotatable bonds is 10.